The van der Waals surface area contributed by atoms with E-state index in [4.69, 9.17) is 28.1 Å². The lowest BCUT2D eigenvalue weighted by molar-refractivity contribution is -0.339. The number of methoxy groups -OCH3 is 1. The van der Waals surface area contributed by atoms with Crippen molar-refractivity contribution in [3.63, 3.8) is 0 Å². The summed E-state index contributed by atoms with van der Waals surface area (Å²) in [7, 11) is 1.34. The zero-order valence-corrected chi connectivity index (χ0v) is 22.0. The van der Waals surface area contributed by atoms with Gasteiger partial charge in [-0.3, -0.25) is 0 Å². The van der Waals surface area contributed by atoms with Gasteiger partial charge in [-0.15, -0.1) is 0 Å². The van der Waals surface area contributed by atoms with E-state index < -0.39 is 61.9 Å². The van der Waals surface area contributed by atoms with Crippen LogP contribution in [0.5, 0.6) is 28.7 Å². The molecule has 3 heterocycles. The largest absolute Gasteiger partial charge is 0.507 e. The minimum absolute atomic E-state index is 0.0127. The molecular formula is C27H31O15+. The van der Waals surface area contributed by atoms with Crippen LogP contribution in [-0.2, 0) is 14.2 Å². The molecule has 0 radical (unpaired) electrons. The summed E-state index contributed by atoms with van der Waals surface area (Å²) in [6, 6.07) is 7.87. The third kappa shape index (κ3) is 5.61. The van der Waals surface area contributed by atoms with Gasteiger partial charge in [0.05, 0.1) is 32.0 Å². The number of phenolic OH excluding ortho intramolecular Hbond substituents is 3. The van der Waals surface area contributed by atoms with E-state index in [1.807, 2.05) is 0 Å². The molecule has 42 heavy (non-hydrogen) atoms. The average molecular weight is 596 g/mol. The second kappa shape index (κ2) is 12.0. The molecule has 5 rings (SSSR count). The molecule has 2 aliphatic rings. The molecule has 2 saturated heterocycles. The van der Waals surface area contributed by atoms with Gasteiger partial charge in [0.1, 0.15) is 59.6 Å². The third-order valence-electron chi connectivity index (χ3n) is 7.07. The van der Waals surface area contributed by atoms with Crippen LogP contribution in [0.2, 0.25) is 0 Å². The molecule has 0 spiro atoms. The Balaban J connectivity index is 1.47. The van der Waals surface area contributed by atoms with Crippen molar-refractivity contribution >= 4 is 11.0 Å². The van der Waals surface area contributed by atoms with Crippen LogP contribution < -0.4 is 9.47 Å². The van der Waals surface area contributed by atoms with E-state index in [0.717, 1.165) is 6.07 Å². The lowest BCUT2D eigenvalue weighted by Gasteiger charge is -2.44. The maximum atomic E-state index is 10.9. The summed E-state index contributed by atoms with van der Waals surface area (Å²) in [5.41, 5.74) is 0.353. The van der Waals surface area contributed by atoms with E-state index in [0.29, 0.717) is 5.56 Å². The van der Waals surface area contributed by atoms with Crippen molar-refractivity contribution in [1.29, 1.82) is 0 Å². The first-order chi connectivity index (χ1) is 20.0. The van der Waals surface area contributed by atoms with Gasteiger partial charge in [0.25, 0.3) is 0 Å². The van der Waals surface area contributed by atoms with Crippen LogP contribution in [0.25, 0.3) is 22.3 Å². The van der Waals surface area contributed by atoms with E-state index in [1.165, 1.54) is 37.4 Å². The fraction of sp³-hybridized carbons (Fsp3) is 0.444. The summed E-state index contributed by atoms with van der Waals surface area (Å²) in [6.07, 6.45) is -14.3. The Hall–Kier alpha value is -3.51. The number of fused-ring (bicyclic) bond motifs is 1. The second-order valence-corrected chi connectivity index (χ2v) is 9.88. The van der Waals surface area contributed by atoms with Gasteiger partial charge < -0.3 is 69.6 Å². The first-order valence-corrected chi connectivity index (χ1v) is 12.8. The van der Waals surface area contributed by atoms with Crippen LogP contribution >= 0.6 is 0 Å². The van der Waals surface area contributed by atoms with Gasteiger partial charge in [-0.1, -0.05) is 0 Å². The molecule has 0 unspecified atom stereocenters. The summed E-state index contributed by atoms with van der Waals surface area (Å²) in [4.78, 5) is 0. The molecule has 0 aliphatic carbocycles. The van der Waals surface area contributed by atoms with Gasteiger partial charge in [-0.05, 0) is 12.1 Å². The SMILES string of the molecule is COc1cc(-c2[o+]c3cc(O)cc(O)c3cc2O[C@@H]2O[C@H](CO)[C@@H](O[C@@H]3OC[C@H](O)[C@H](O)[C@H]3O)[C@H](O)[C@H]2O)ccc1O. The van der Waals surface area contributed by atoms with E-state index in [1.54, 1.807) is 0 Å². The molecule has 2 aliphatic heterocycles. The van der Waals surface area contributed by atoms with E-state index in [9.17, 15) is 46.0 Å². The topological polar surface area (TPSA) is 240 Å². The number of ether oxygens (including phenoxy) is 5. The number of hydrogen-bond donors (Lipinski definition) is 9. The lowest BCUT2D eigenvalue weighted by Crippen LogP contribution is -2.63. The Morgan fingerprint density at radius 2 is 1.60 bits per heavy atom. The Bertz CT molecular complexity index is 1410. The molecule has 3 aromatic rings. The predicted octanol–water partition coefficient (Wildman–Crippen LogP) is -0.852. The fourth-order valence-electron chi connectivity index (χ4n) is 4.79. The molecule has 228 valence electrons. The van der Waals surface area contributed by atoms with Crippen LogP contribution in [0.1, 0.15) is 0 Å². The molecule has 9 N–H and O–H groups in total. The van der Waals surface area contributed by atoms with E-state index in [-0.39, 0.29) is 52.1 Å². The minimum Gasteiger partial charge on any atom is -0.507 e. The Morgan fingerprint density at radius 3 is 2.31 bits per heavy atom. The number of benzene rings is 2. The molecule has 15 nitrogen and oxygen atoms in total. The van der Waals surface area contributed by atoms with Gasteiger partial charge in [0.2, 0.25) is 12.0 Å². The predicted molar refractivity (Wildman–Crippen MR) is 139 cm³/mol. The monoisotopic (exact) mass is 595 g/mol. The summed E-state index contributed by atoms with van der Waals surface area (Å²) < 4.78 is 33.5. The van der Waals surface area contributed by atoms with Crippen molar-refractivity contribution in [2.24, 2.45) is 0 Å². The van der Waals surface area contributed by atoms with Gasteiger partial charge in [-0.2, -0.15) is 0 Å². The van der Waals surface area contributed by atoms with Crippen molar-refractivity contribution < 1.29 is 74.1 Å². The van der Waals surface area contributed by atoms with Crippen LogP contribution in [0.3, 0.4) is 0 Å². The van der Waals surface area contributed by atoms with Crippen LogP contribution in [-0.4, -0.2) is 122 Å². The average Bonchev–Trinajstić information content (AvgIpc) is 2.97. The van der Waals surface area contributed by atoms with Crippen molar-refractivity contribution in [3.05, 3.63) is 36.4 Å². The highest BCUT2D eigenvalue weighted by atomic mass is 16.7. The van der Waals surface area contributed by atoms with Gasteiger partial charge in [-0.25, -0.2) is 4.42 Å². The number of phenols is 3. The minimum atomic E-state index is -1.82. The number of aromatic hydroxyl groups is 3. The van der Waals surface area contributed by atoms with E-state index in [2.05, 4.69) is 0 Å². The van der Waals surface area contributed by atoms with Crippen molar-refractivity contribution in [2.75, 3.05) is 20.3 Å². The molecular weight excluding hydrogens is 564 g/mol. The third-order valence-corrected chi connectivity index (χ3v) is 7.07. The maximum Gasteiger partial charge on any atom is 0.402 e. The molecule has 0 saturated carbocycles. The van der Waals surface area contributed by atoms with Crippen molar-refractivity contribution in [3.8, 4) is 40.1 Å². The molecule has 2 fully saturated rings. The number of aliphatic hydroxyl groups excluding tert-OH is 6. The summed E-state index contributed by atoms with van der Waals surface area (Å²) in [5.74, 6) is -0.861. The quantitative estimate of drug-likeness (QED) is 0.151. The number of aliphatic hydroxyl groups is 6. The number of hydrogen-bond acceptors (Lipinski definition) is 14. The summed E-state index contributed by atoms with van der Waals surface area (Å²) in [5, 5.41) is 92.2. The van der Waals surface area contributed by atoms with Crippen LogP contribution in [0, 0.1) is 0 Å². The Morgan fingerprint density at radius 1 is 0.857 bits per heavy atom. The van der Waals surface area contributed by atoms with Gasteiger partial charge >= 0.3 is 11.3 Å². The van der Waals surface area contributed by atoms with Crippen molar-refractivity contribution in [2.45, 2.75) is 55.3 Å². The van der Waals surface area contributed by atoms with Gasteiger partial charge in [0, 0.05) is 18.2 Å². The van der Waals surface area contributed by atoms with E-state index >= 15 is 0 Å². The fourth-order valence-corrected chi connectivity index (χ4v) is 4.79. The standard InChI is InChI=1S/C27H30O15/c1-37-17-4-10(2-3-13(17)30)24-18(7-12-14(31)5-11(29)6-16(12)39-24)40-27-23(36)21(34)25(19(8-28)41-27)42-26-22(35)20(33)15(32)9-38-26/h2-7,15,19-23,25-28,32-36H,8-9H2,1H3,(H2-,29,30,31)/p+1/t15-,19+,20-,21+,22+,23+,25+,26-,27+/m0/s1. The Kier molecular flexibility index (Phi) is 8.56. The normalized spacial score (nSPS) is 31.6. The lowest BCUT2D eigenvalue weighted by atomic mass is 9.98. The molecule has 9 atom stereocenters. The first kappa shape index (κ1) is 30.0. The zero-order valence-electron chi connectivity index (χ0n) is 22.0. The molecule has 15 heteroatoms. The molecule has 0 amide bonds. The highest BCUT2D eigenvalue weighted by Crippen LogP contribution is 2.42. The maximum absolute atomic E-state index is 10.9. The second-order valence-electron chi connectivity index (χ2n) is 9.88. The van der Waals surface area contributed by atoms with Crippen LogP contribution in [0.15, 0.2) is 40.8 Å². The molecule has 1 aromatic heterocycles. The summed E-state index contributed by atoms with van der Waals surface area (Å²) >= 11 is 0. The zero-order chi connectivity index (χ0) is 30.3. The highest BCUT2D eigenvalue weighted by Gasteiger charge is 2.50. The molecule has 0 bridgehead atoms. The summed E-state index contributed by atoms with van der Waals surface area (Å²) in [6.45, 7) is -1.13. The smallest absolute Gasteiger partial charge is 0.402 e. The Labute approximate surface area is 237 Å². The first-order valence-electron chi connectivity index (χ1n) is 12.8. The number of rotatable bonds is 7. The van der Waals surface area contributed by atoms with Gasteiger partial charge in [0.15, 0.2) is 17.8 Å². The van der Waals surface area contributed by atoms with Crippen molar-refractivity contribution in [1.82, 2.24) is 0 Å². The highest BCUT2D eigenvalue weighted by molar-refractivity contribution is 5.88. The molecule has 2 aromatic carbocycles. The van der Waals surface area contributed by atoms with Crippen LogP contribution in [0.4, 0.5) is 0 Å².